The third-order valence-electron chi connectivity index (χ3n) is 7.40. The molecule has 3 saturated heterocycles. The molecular formula is C27H24FN7O2. The Morgan fingerprint density at radius 3 is 2.70 bits per heavy atom. The zero-order valence-corrected chi connectivity index (χ0v) is 20.1. The van der Waals surface area contributed by atoms with Gasteiger partial charge in [0.25, 0.3) is 0 Å². The third-order valence-corrected chi connectivity index (χ3v) is 7.40. The molecule has 1 aromatic carbocycles. The van der Waals surface area contributed by atoms with E-state index in [2.05, 4.69) is 29.9 Å². The van der Waals surface area contributed by atoms with Gasteiger partial charge in [-0.1, -0.05) is 5.16 Å². The number of phenolic OH excluding ortho intramolecular Hbond substituents is 1. The Morgan fingerprint density at radius 2 is 1.95 bits per heavy atom. The van der Waals surface area contributed by atoms with E-state index in [0.717, 1.165) is 59.0 Å². The van der Waals surface area contributed by atoms with Crippen LogP contribution in [-0.2, 0) is 6.54 Å². The van der Waals surface area contributed by atoms with Crippen LogP contribution in [0.5, 0.6) is 5.75 Å². The van der Waals surface area contributed by atoms with Crippen LogP contribution in [0.4, 0.5) is 10.2 Å². The van der Waals surface area contributed by atoms with Crippen LogP contribution in [0, 0.1) is 12.7 Å². The molecule has 0 radical (unpaired) electrons. The number of fused-ring (bicyclic) bond motifs is 3. The predicted molar refractivity (Wildman–Crippen MR) is 135 cm³/mol. The highest BCUT2D eigenvalue weighted by molar-refractivity contribution is 5.93. The molecule has 3 aliphatic heterocycles. The molecule has 8 rings (SSSR count). The minimum atomic E-state index is -0.325. The van der Waals surface area contributed by atoms with Gasteiger partial charge in [0, 0.05) is 60.5 Å². The molecule has 0 saturated carbocycles. The Kier molecular flexibility index (Phi) is 4.97. The molecule has 186 valence electrons. The summed E-state index contributed by atoms with van der Waals surface area (Å²) in [5.41, 5.74) is 4.66. The van der Waals surface area contributed by atoms with Crippen molar-refractivity contribution >= 4 is 16.9 Å². The molecule has 3 fully saturated rings. The summed E-state index contributed by atoms with van der Waals surface area (Å²) in [6.45, 7) is 4.12. The summed E-state index contributed by atoms with van der Waals surface area (Å²) in [5, 5.41) is 15.0. The van der Waals surface area contributed by atoms with Gasteiger partial charge >= 0.3 is 0 Å². The average molecular weight is 498 g/mol. The number of hydrogen-bond donors (Lipinski definition) is 2. The van der Waals surface area contributed by atoms with Gasteiger partial charge in [-0.2, -0.15) is 0 Å². The summed E-state index contributed by atoms with van der Waals surface area (Å²) in [5.74, 6) is 1.39. The molecule has 37 heavy (non-hydrogen) atoms. The first-order valence-corrected chi connectivity index (χ1v) is 12.2. The van der Waals surface area contributed by atoms with Crippen molar-refractivity contribution in [2.75, 3.05) is 18.0 Å². The smallest absolute Gasteiger partial charge is 0.183 e. The van der Waals surface area contributed by atoms with Crippen LogP contribution in [0.2, 0.25) is 0 Å². The van der Waals surface area contributed by atoms with Gasteiger partial charge in [0.1, 0.15) is 29.4 Å². The normalized spacial score (nSPS) is 19.4. The summed E-state index contributed by atoms with van der Waals surface area (Å²) in [6.07, 6.45) is 4.50. The van der Waals surface area contributed by atoms with E-state index in [4.69, 9.17) is 9.51 Å². The number of nitrogens with one attached hydrogen (secondary N) is 1. The van der Waals surface area contributed by atoms with E-state index < -0.39 is 0 Å². The number of rotatable bonds is 5. The lowest BCUT2D eigenvalue weighted by Crippen LogP contribution is -2.68. The maximum atomic E-state index is 13.7. The third kappa shape index (κ3) is 3.80. The zero-order valence-electron chi connectivity index (χ0n) is 20.1. The van der Waals surface area contributed by atoms with Crippen LogP contribution in [0.1, 0.15) is 17.7 Å². The van der Waals surface area contributed by atoms with E-state index in [1.165, 1.54) is 18.2 Å². The molecule has 3 aliphatic rings. The Hall–Kier alpha value is -4.31. The molecule has 9 nitrogen and oxygen atoms in total. The number of aromatic hydroxyl groups is 1. The van der Waals surface area contributed by atoms with Crippen molar-refractivity contribution in [1.82, 2.24) is 30.0 Å². The van der Waals surface area contributed by atoms with E-state index in [-0.39, 0.29) is 11.6 Å². The quantitative estimate of drug-likeness (QED) is 0.370. The van der Waals surface area contributed by atoms with Crippen molar-refractivity contribution in [1.29, 1.82) is 0 Å². The molecule has 2 N–H and O–H groups in total. The van der Waals surface area contributed by atoms with Crippen LogP contribution >= 0.6 is 0 Å². The van der Waals surface area contributed by atoms with Gasteiger partial charge in [0.2, 0.25) is 0 Å². The number of nitrogens with zero attached hydrogens (tertiary/aromatic N) is 6. The maximum absolute atomic E-state index is 13.7. The molecule has 4 aromatic heterocycles. The second-order valence-electron chi connectivity index (χ2n) is 9.80. The molecular weight excluding hydrogens is 473 g/mol. The molecule has 2 atom stereocenters. The Labute approximate surface area is 211 Å². The van der Waals surface area contributed by atoms with Crippen molar-refractivity contribution in [3.8, 4) is 28.5 Å². The molecule has 0 spiro atoms. The second-order valence-corrected chi connectivity index (χ2v) is 9.80. The number of H-pyrrole nitrogens is 1. The summed E-state index contributed by atoms with van der Waals surface area (Å²) in [4.78, 5) is 21.6. The van der Waals surface area contributed by atoms with E-state index in [1.54, 1.807) is 6.33 Å². The van der Waals surface area contributed by atoms with Gasteiger partial charge in [-0.15, -0.1) is 0 Å². The first kappa shape index (κ1) is 21.9. The fourth-order valence-corrected chi connectivity index (χ4v) is 5.52. The Bertz CT molecular complexity index is 1600. The van der Waals surface area contributed by atoms with Gasteiger partial charge in [-0.25, -0.2) is 19.3 Å². The molecule has 2 bridgehead atoms. The predicted octanol–water partition coefficient (Wildman–Crippen LogP) is 4.29. The van der Waals surface area contributed by atoms with Crippen LogP contribution in [-0.4, -0.2) is 60.3 Å². The number of benzene rings is 1. The first-order valence-electron chi connectivity index (χ1n) is 12.2. The topological polar surface area (TPSA) is 107 Å². The van der Waals surface area contributed by atoms with Gasteiger partial charge in [0.05, 0.1) is 17.1 Å². The van der Waals surface area contributed by atoms with Crippen LogP contribution in [0.3, 0.4) is 0 Å². The molecule has 2 unspecified atom stereocenters. The summed E-state index contributed by atoms with van der Waals surface area (Å²) in [6, 6.07) is 12.7. The number of aromatic amines is 1. The number of aromatic nitrogens is 5. The lowest BCUT2D eigenvalue weighted by Gasteiger charge is -2.56. The fraction of sp³-hybridized carbons (Fsp3) is 0.259. The number of pyridine rings is 1. The van der Waals surface area contributed by atoms with Gasteiger partial charge < -0.3 is 19.5 Å². The highest BCUT2D eigenvalue weighted by atomic mass is 19.1. The standard InChI is InChI=1S/C27H24FN7O2/c1-15-6-24(37-33-15)22-9-21-26(30-14-31-27(21)32-22)16-2-5-25(29-10-16)34-12-19-8-20(13-34)35(19)11-17-7-18(28)3-4-23(17)36/h2-7,9-10,14,19-20,36H,8,11-13H2,1H3,(H,30,31,32). The maximum Gasteiger partial charge on any atom is 0.183 e. The monoisotopic (exact) mass is 497 g/mol. The minimum absolute atomic E-state index is 0.143. The number of piperazine rings is 1. The van der Waals surface area contributed by atoms with Crippen LogP contribution in [0.15, 0.2) is 59.5 Å². The summed E-state index contributed by atoms with van der Waals surface area (Å²) < 4.78 is 19.0. The van der Waals surface area contributed by atoms with Crippen molar-refractivity contribution in [3.05, 3.63) is 72.1 Å². The molecule has 10 heteroatoms. The van der Waals surface area contributed by atoms with E-state index in [0.29, 0.717) is 30.0 Å². The van der Waals surface area contributed by atoms with Gasteiger partial charge in [-0.05, 0) is 49.7 Å². The van der Waals surface area contributed by atoms with Crippen molar-refractivity contribution in [3.63, 3.8) is 0 Å². The number of hydrogen-bond acceptors (Lipinski definition) is 8. The Morgan fingerprint density at radius 1 is 1.08 bits per heavy atom. The number of phenols is 1. The molecule has 7 heterocycles. The number of halogens is 1. The van der Waals surface area contributed by atoms with E-state index in [9.17, 15) is 9.50 Å². The number of anilines is 1. The lowest BCUT2D eigenvalue weighted by atomic mass is 9.86. The van der Waals surface area contributed by atoms with E-state index in [1.807, 2.05) is 37.4 Å². The highest BCUT2D eigenvalue weighted by Crippen LogP contribution is 2.37. The van der Waals surface area contributed by atoms with Gasteiger partial charge in [0.15, 0.2) is 5.76 Å². The SMILES string of the molecule is Cc1cc(-c2cc3c(-c4ccc(N5CC6CC(C5)N6Cc5cc(F)ccc5O)nc4)ncnc3[nH]2)on1. The number of aryl methyl sites for hydroxylation is 1. The number of piperidine rings is 1. The van der Waals surface area contributed by atoms with E-state index >= 15 is 0 Å². The average Bonchev–Trinajstić information content (AvgIpc) is 3.55. The summed E-state index contributed by atoms with van der Waals surface area (Å²) >= 11 is 0. The zero-order chi connectivity index (χ0) is 25.1. The largest absolute Gasteiger partial charge is 0.508 e. The fourth-order valence-electron chi connectivity index (χ4n) is 5.52. The minimum Gasteiger partial charge on any atom is -0.508 e. The van der Waals surface area contributed by atoms with Crippen LogP contribution < -0.4 is 4.90 Å². The van der Waals surface area contributed by atoms with Crippen molar-refractivity contribution < 1.29 is 14.0 Å². The molecule has 0 amide bonds. The first-order chi connectivity index (χ1) is 18.0. The van der Waals surface area contributed by atoms with Crippen molar-refractivity contribution in [2.45, 2.75) is 32.0 Å². The van der Waals surface area contributed by atoms with Crippen molar-refractivity contribution in [2.24, 2.45) is 0 Å². The van der Waals surface area contributed by atoms with Crippen LogP contribution in [0.25, 0.3) is 33.7 Å². The molecule has 5 aromatic rings. The summed E-state index contributed by atoms with van der Waals surface area (Å²) in [7, 11) is 0. The lowest BCUT2D eigenvalue weighted by molar-refractivity contribution is -0.00921. The Balaban J connectivity index is 1.09. The highest BCUT2D eigenvalue weighted by Gasteiger charge is 2.44. The second kappa shape index (κ2) is 8.38. The van der Waals surface area contributed by atoms with Gasteiger partial charge in [-0.3, -0.25) is 4.90 Å². The molecule has 0 aliphatic carbocycles.